The highest BCUT2D eigenvalue weighted by atomic mass is 19.4. The second kappa shape index (κ2) is 10.3. The summed E-state index contributed by atoms with van der Waals surface area (Å²) in [6, 6.07) is 13.3. The molecule has 2 N–H and O–H groups in total. The van der Waals surface area contributed by atoms with Gasteiger partial charge in [-0.3, -0.25) is 4.79 Å². The van der Waals surface area contributed by atoms with Crippen LogP contribution in [0.1, 0.15) is 28.7 Å². The number of carbonyl (C=O) groups excluding carboxylic acids is 1. The van der Waals surface area contributed by atoms with E-state index in [1.807, 2.05) is 0 Å². The number of nitrogens with one attached hydrogen (secondary N) is 1. The summed E-state index contributed by atoms with van der Waals surface area (Å²) in [7, 11) is 0. The highest BCUT2D eigenvalue weighted by Crippen LogP contribution is 2.38. The molecule has 0 spiro atoms. The third-order valence-electron chi connectivity index (χ3n) is 5.43. The summed E-state index contributed by atoms with van der Waals surface area (Å²) < 4.78 is 107. The van der Waals surface area contributed by atoms with Crippen LogP contribution in [0.2, 0.25) is 0 Å². The van der Waals surface area contributed by atoms with Crippen LogP contribution in [0.4, 0.5) is 35.1 Å². The molecular weight excluding hydrogens is 498 g/mol. The zero-order valence-electron chi connectivity index (χ0n) is 18.3. The Kier molecular flexibility index (Phi) is 7.73. The predicted octanol–water partition coefficient (Wildman–Crippen LogP) is 5.90. The highest BCUT2D eigenvalue weighted by molar-refractivity contribution is 5.82. The average Bonchev–Trinajstić information content (AvgIpc) is 2.77. The van der Waals surface area contributed by atoms with E-state index in [1.165, 1.54) is 12.1 Å². The molecule has 3 aromatic rings. The maximum absolute atomic E-state index is 14.5. The molecule has 0 saturated carbocycles. The van der Waals surface area contributed by atoms with Gasteiger partial charge in [0.15, 0.2) is 0 Å². The first kappa shape index (κ1) is 27.1. The number of hydrogen-bond donors (Lipinski definition) is 2. The minimum Gasteiger partial charge on any atom is -0.383 e. The lowest BCUT2D eigenvalue weighted by atomic mass is 9.77. The molecule has 0 bridgehead atoms. The van der Waals surface area contributed by atoms with Crippen molar-refractivity contribution in [1.29, 1.82) is 0 Å². The summed E-state index contributed by atoms with van der Waals surface area (Å²) in [5.74, 6) is -3.64. The molecule has 192 valence electrons. The van der Waals surface area contributed by atoms with Crippen LogP contribution < -0.4 is 5.32 Å². The first-order valence-electron chi connectivity index (χ1n) is 10.4. The minimum atomic E-state index is -5.00. The van der Waals surface area contributed by atoms with E-state index < -0.39 is 59.1 Å². The highest BCUT2D eigenvalue weighted by Gasteiger charge is 2.42. The van der Waals surface area contributed by atoms with Crippen LogP contribution in [-0.4, -0.2) is 23.3 Å². The molecule has 0 saturated heterocycles. The van der Waals surface area contributed by atoms with Crippen LogP contribution in [-0.2, 0) is 22.9 Å². The fourth-order valence-electron chi connectivity index (χ4n) is 3.80. The Morgan fingerprint density at radius 2 is 1.36 bits per heavy atom. The summed E-state index contributed by atoms with van der Waals surface area (Å²) in [4.78, 5) is 12.8. The summed E-state index contributed by atoms with van der Waals surface area (Å²) >= 11 is 0. The maximum Gasteiger partial charge on any atom is 0.416 e. The third kappa shape index (κ3) is 6.60. The summed E-state index contributed by atoms with van der Waals surface area (Å²) in [6.07, 6.45) is -14.9. The van der Waals surface area contributed by atoms with Crippen LogP contribution in [0, 0.1) is 11.6 Å². The van der Waals surface area contributed by atoms with Gasteiger partial charge in [0.25, 0.3) is 0 Å². The topological polar surface area (TPSA) is 49.3 Å². The van der Waals surface area contributed by atoms with Gasteiger partial charge in [0.05, 0.1) is 17.5 Å². The van der Waals surface area contributed by atoms with Gasteiger partial charge in [-0.05, 0) is 47.0 Å². The standard InChI is InChI=1S/C25H19F8NO2/c26-19-8-6-16(7-9-19)23(13-15-4-2-1-3-5-15,34-22(36)21(35)14-24(28,29)30)17-10-18(25(31,32)33)12-20(27)11-17/h1-12,21,35H,13-14H2,(H,34,36)/t21?,23-/m0/s1. The van der Waals surface area contributed by atoms with Crippen molar-refractivity contribution in [3.8, 4) is 0 Å². The van der Waals surface area contributed by atoms with Gasteiger partial charge >= 0.3 is 12.4 Å². The molecule has 3 rings (SSSR count). The first-order chi connectivity index (χ1) is 16.7. The SMILES string of the molecule is O=C(N[C@@](Cc1ccccc1)(c1ccc(F)cc1)c1cc(F)cc(C(F)(F)F)c1)C(O)CC(F)(F)F. The van der Waals surface area contributed by atoms with Gasteiger partial charge in [-0.25, -0.2) is 8.78 Å². The normalized spacial score (nSPS) is 14.7. The number of aliphatic hydroxyl groups is 1. The van der Waals surface area contributed by atoms with E-state index in [4.69, 9.17) is 0 Å². The molecule has 0 fully saturated rings. The summed E-state index contributed by atoms with van der Waals surface area (Å²) in [5.41, 5.74) is -3.68. The van der Waals surface area contributed by atoms with E-state index in [9.17, 15) is 45.0 Å². The summed E-state index contributed by atoms with van der Waals surface area (Å²) in [5, 5.41) is 12.1. The van der Waals surface area contributed by atoms with Crippen LogP contribution >= 0.6 is 0 Å². The Bertz CT molecular complexity index is 1190. The number of halogens is 8. The molecule has 0 aliphatic rings. The van der Waals surface area contributed by atoms with Crippen molar-refractivity contribution in [3.05, 3.63) is 107 Å². The fraction of sp³-hybridized carbons (Fsp3) is 0.240. The Balaban J connectivity index is 2.27. The molecule has 0 radical (unpaired) electrons. The van der Waals surface area contributed by atoms with Crippen molar-refractivity contribution in [2.24, 2.45) is 0 Å². The Morgan fingerprint density at radius 1 is 0.778 bits per heavy atom. The fourth-order valence-corrected chi connectivity index (χ4v) is 3.80. The Labute approximate surface area is 200 Å². The molecular formula is C25H19F8NO2. The monoisotopic (exact) mass is 517 g/mol. The van der Waals surface area contributed by atoms with Gasteiger partial charge in [0.1, 0.15) is 17.7 Å². The van der Waals surface area contributed by atoms with E-state index in [1.54, 1.807) is 18.2 Å². The van der Waals surface area contributed by atoms with E-state index in [0.29, 0.717) is 17.7 Å². The molecule has 3 aromatic carbocycles. The Hall–Kier alpha value is -3.47. The molecule has 3 nitrogen and oxygen atoms in total. The van der Waals surface area contributed by atoms with Crippen LogP contribution in [0.5, 0.6) is 0 Å². The van der Waals surface area contributed by atoms with Gasteiger partial charge in [0, 0.05) is 6.42 Å². The second-order valence-corrected chi connectivity index (χ2v) is 8.13. The molecule has 0 heterocycles. The average molecular weight is 517 g/mol. The van der Waals surface area contributed by atoms with Gasteiger partial charge < -0.3 is 10.4 Å². The molecule has 1 amide bonds. The second-order valence-electron chi connectivity index (χ2n) is 8.13. The van der Waals surface area contributed by atoms with Crippen LogP contribution in [0.25, 0.3) is 0 Å². The molecule has 0 aromatic heterocycles. The number of carbonyl (C=O) groups is 1. The number of benzene rings is 3. The number of amides is 1. The lowest BCUT2D eigenvalue weighted by molar-refractivity contribution is -0.164. The lowest BCUT2D eigenvalue weighted by Gasteiger charge is -2.37. The van der Waals surface area contributed by atoms with Gasteiger partial charge in [-0.15, -0.1) is 0 Å². The van der Waals surface area contributed by atoms with Crippen molar-refractivity contribution >= 4 is 5.91 Å². The largest absolute Gasteiger partial charge is 0.416 e. The number of rotatable bonds is 7. The smallest absolute Gasteiger partial charge is 0.383 e. The zero-order chi connectivity index (χ0) is 26.7. The molecule has 0 aliphatic heterocycles. The van der Waals surface area contributed by atoms with Crippen LogP contribution in [0.15, 0.2) is 72.8 Å². The zero-order valence-corrected chi connectivity index (χ0v) is 18.3. The van der Waals surface area contributed by atoms with Crippen molar-refractivity contribution in [1.82, 2.24) is 5.32 Å². The molecule has 2 atom stereocenters. The molecule has 1 unspecified atom stereocenters. The molecule has 0 aliphatic carbocycles. The minimum absolute atomic E-state index is 0.0564. The van der Waals surface area contributed by atoms with Gasteiger partial charge in [-0.1, -0.05) is 42.5 Å². The van der Waals surface area contributed by atoms with Gasteiger partial charge in [-0.2, -0.15) is 26.3 Å². The first-order valence-corrected chi connectivity index (χ1v) is 10.4. The number of aliphatic hydroxyl groups excluding tert-OH is 1. The summed E-state index contributed by atoms with van der Waals surface area (Å²) in [6.45, 7) is 0. The predicted molar refractivity (Wildman–Crippen MR) is 114 cm³/mol. The van der Waals surface area contributed by atoms with E-state index >= 15 is 0 Å². The Morgan fingerprint density at radius 3 is 1.92 bits per heavy atom. The van der Waals surface area contributed by atoms with E-state index in [0.717, 1.165) is 24.3 Å². The van der Waals surface area contributed by atoms with E-state index in [-0.39, 0.29) is 18.1 Å². The molecule has 11 heteroatoms. The third-order valence-corrected chi connectivity index (χ3v) is 5.43. The number of hydrogen-bond acceptors (Lipinski definition) is 2. The van der Waals surface area contributed by atoms with Crippen molar-refractivity contribution < 1.29 is 45.0 Å². The number of alkyl halides is 6. The van der Waals surface area contributed by atoms with Gasteiger partial charge in [0.2, 0.25) is 5.91 Å². The van der Waals surface area contributed by atoms with Crippen molar-refractivity contribution in [2.75, 3.05) is 0 Å². The lowest BCUT2D eigenvalue weighted by Crippen LogP contribution is -2.52. The van der Waals surface area contributed by atoms with E-state index in [2.05, 4.69) is 5.32 Å². The quantitative estimate of drug-likeness (QED) is 0.384. The maximum atomic E-state index is 14.5. The van der Waals surface area contributed by atoms with Crippen molar-refractivity contribution in [2.45, 2.75) is 36.8 Å². The molecule has 36 heavy (non-hydrogen) atoms. The van der Waals surface area contributed by atoms with Crippen molar-refractivity contribution in [3.63, 3.8) is 0 Å². The van der Waals surface area contributed by atoms with Crippen LogP contribution in [0.3, 0.4) is 0 Å².